The van der Waals surface area contributed by atoms with Crippen molar-refractivity contribution in [2.75, 3.05) is 12.4 Å². The first-order chi connectivity index (χ1) is 12.1. The molecule has 26 heavy (non-hydrogen) atoms. The van der Waals surface area contributed by atoms with Gasteiger partial charge in [0.25, 0.3) is 0 Å². The zero-order chi connectivity index (χ0) is 19.4. The van der Waals surface area contributed by atoms with E-state index in [-0.39, 0.29) is 10.8 Å². The molecule has 0 radical (unpaired) electrons. The molecule has 1 aromatic heterocycles. The van der Waals surface area contributed by atoms with Gasteiger partial charge in [-0.15, -0.1) is 0 Å². The molecule has 2 N–H and O–H groups in total. The van der Waals surface area contributed by atoms with Crippen molar-refractivity contribution in [1.82, 2.24) is 15.2 Å². The molecule has 0 saturated heterocycles. The fourth-order valence-corrected chi connectivity index (χ4v) is 3.90. The van der Waals surface area contributed by atoms with E-state index < -0.39 is 0 Å². The smallest absolute Gasteiger partial charge is 0.192 e. The molecule has 0 fully saturated rings. The number of nitrogens with zero attached hydrogens (tertiary/aromatic N) is 1. The van der Waals surface area contributed by atoms with Crippen molar-refractivity contribution < 1.29 is 4.74 Å². The number of hydrogen-bond donors (Lipinski definition) is 2. The first-order valence-corrected chi connectivity index (χ1v) is 10.6. The van der Waals surface area contributed by atoms with Gasteiger partial charge in [0, 0.05) is 5.56 Å². The molecule has 4 nitrogen and oxygen atoms in total. The van der Waals surface area contributed by atoms with Gasteiger partial charge >= 0.3 is 0 Å². The van der Waals surface area contributed by atoms with Gasteiger partial charge in [-0.05, 0) is 46.9 Å². The number of thioether (sulfide) groups is 1. The van der Waals surface area contributed by atoms with Gasteiger partial charge in [0.1, 0.15) is 11.6 Å². The highest BCUT2D eigenvalue weighted by molar-refractivity contribution is 7.98. The largest absolute Gasteiger partial charge is 0.493 e. The number of benzene rings is 1. The fraction of sp³-hybridized carbons (Fsp3) is 0.600. The van der Waals surface area contributed by atoms with Crippen LogP contribution in [0.4, 0.5) is 0 Å². The van der Waals surface area contributed by atoms with E-state index in [1.54, 1.807) is 0 Å². The Morgan fingerprint density at radius 2 is 1.85 bits per heavy atom. The Bertz CT molecular complexity index is 766. The molecular formula is C20H31N3OS2. The molecule has 0 atom stereocenters. The maximum Gasteiger partial charge on any atom is 0.192 e. The predicted octanol–water partition coefficient (Wildman–Crippen LogP) is 5.76. The van der Waals surface area contributed by atoms with Crippen LogP contribution in [0.2, 0.25) is 0 Å². The Morgan fingerprint density at radius 1 is 1.12 bits per heavy atom. The third-order valence-corrected chi connectivity index (χ3v) is 5.31. The van der Waals surface area contributed by atoms with Crippen molar-refractivity contribution in [2.45, 2.75) is 64.5 Å². The Labute approximate surface area is 166 Å². The Balaban J connectivity index is 1.93. The summed E-state index contributed by atoms with van der Waals surface area (Å²) in [6, 6.07) is 6.45. The highest BCUT2D eigenvalue weighted by Crippen LogP contribution is 2.39. The van der Waals surface area contributed by atoms with Gasteiger partial charge in [-0.2, -0.15) is 16.9 Å². The molecule has 2 aromatic rings. The summed E-state index contributed by atoms with van der Waals surface area (Å²) >= 11 is 6.82. The number of aromatic nitrogens is 3. The molecule has 0 bridgehead atoms. The van der Waals surface area contributed by atoms with Crippen molar-refractivity contribution in [2.24, 2.45) is 0 Å². The number of aromatic amines is 2. The molecule has 0 aliphatic carbocycles. The monoisotopic (exact) mass is 393 g/mol. The van der Waals surface area contributed by atoms with E-state index in [2.05, 4.69) is 74.9 Å². The molecule has 144 valence electrons. The zero-order valence-electron chi connectivity index (χ0n) is 16.7. The van der Waals surface area contributed by atoms with Gasteiger partial charge in [-0.25, -0.2) is 0 Å². The fourth-order valence-electron chi connectivity index (χ4n) is 2.94. The first-order valence-electron chi connectivity index (χ1n) is 9.07. The van der Waals surface area contributed by atoms with Gasteiger partial charge in [-0.1, -0.05) is 53.7 Å². The molecule has 0 aliphatic rings. The second kappa shape index (κ2) is 8.61. The van der Waals surface area contributed by atoms with E-state index in [4.69, 9.17) is 17.0 Å². The van der Waals surface area contributed by atoms with E-state index in [0.29, 0.717) is 4.77 Å². The van der Waals surface area contributed by atoms with Crippen molar-refractivity contribution in [1.29, 1.82) is 0 Å². The van der Waals surface area contributed by atoms with Crippen molar-refractivity contribution in [3.8, 4) is 5.75 Å². The Hall–Kier alpha value is -1.27. The third kappa shape index (κ3) is 5.88. The molecule has 1 heterocycles. The van der Waals surface area contributed by atoms with Crippen LogP contribution >= 0.6 is 24.0 Å². The van der Waals surface area contributed by atoms with Crippen LogP contribution in [0.1, 0.15) is 64.9 Å². The maximum atomic E-state index is 6.20. The summed E-state index contributed by atoms with van der Waals surface area (Å²) in [5.41, 5.74) is 2.84. The van der Waals surface area contributed by atoms with Gasteiger partial charge < -0.3 is 9.72 Å². The molecule has 0 unspecified atom stereocenters. The van der Waals surface area contributed by atoms with E-state index >= 15 is 0 Å². The van der Waals surface area contributed by atoms with Gasteiger partial charge in [0.05, 0.1) is 12.4 Å². The molecule has 0 amide bonds. The first kappa shape index (κ1) is 21.0. The van der Waals surface area contributed by atoms with Crippen molar-refractivity contribution in [3.63, 3.8) is 0 Å². The number of H-pyrrole nitrogens is 2. The second-order valence-corrected chi connectivity index (χ2v) is 10.1. The topological polar surface area (TPSA) is 53.7 Å². The number of ether oxygens (including phenoxy) is 1. The summed E-state index contributed by atoms with van der Waals surface area (Å²) in [4.78, 5) is 3.03. The van der Waals surface area contributed by atoms with Crippen LogP contribution in [0.25, 0.3) is 0 Å². The number of nitrogens with one attached hydrogen (secondary N) is 2. The van der Waals surface area contributed by atoms with E-state index in [1.165, 1.54) is 11.1 Å². The molecule has 0 spiro atoms. The standard InChI is InChI=1S/C20H31N3OS2/c1-19(2,3)14-9-7-10-15(17(14)20(4,5)6)24-11-8-12-26-13-16-21-18(25)23-22-16/h7,9-10H,8,11-13H2,1-6H3,(H2,21,22,23,25). The van der Waals surface area contributed by atoms with Crippen LogP contribution in [-0.4, -0.2) is 27.5 Å². The maximum absolute atomic E-state index is 6.20. The van der Waals surface area contributed by atoms with Gasteiger partial charge in [0.2, 0.25) is 0 Å². The SMILES string of the molecule is CC(C)(C)c1cccc(OCCCSCc2n[nH]c(=S)[nH]2)c1C(C)(C)C. The van der Waals surface area contributed by atoms with Crippen molar-refractivity contribution in [3.05, 3.63) is 39.9 Å². The van der Waals surface area contributed by atoms with Gasteiger partial charge in [0.15, 0.2) is 4.77 Å². The summed E-state index contributed by atoms with van der Waals surface area (Å²) in [5.74, 6) is 3.78. The Kier molecular flexibility index (Phi) is 6.97. The van der Waals surface area contributed by atoms with Crippen LogP contribution in [0.3, 0.4) is 0 Å². The average Bonchev–Trinajstić information content (AvgIpc) is 2.94. The quantitative estimate of drug-likeness (QED) is 0.463. The summed E-state index contributed by atoms with van der Waals surface area (Å²) in [5, 5.41) is 6.87. The predicted molar refractivity (Wildman–Crippen MR) is 114 cm³/mol. The molecule has 6 heteroatoms. The Morgan fingerprint density at radius 3 is 2.42 bits per heavy atom. The molecular weight excluding hydrogens is 362 g/mol. The second-order valence-electron chi connectivity index (χ2n) is 8.56. The summed E-state index contributed by atoms with van der Waals surface area (Å²) in [7, 11) is 0. The highest BCUT2D eigenvalue weighted by Gasteiger charge is 2.28. The lowest BCUT2D eigenvalue weighted by atomic mass is 9.75. The lowest BCUT2D eigenvalue weighted by molar-refractivity contribution is 0.308. The van der Waals surface area contributed by atoms with Crippen LogP contribution in [0.15, 0.2) is 18.2 Å². The summed E-state index contributed by atoms with van der Waals surface area (Å²) in [6.07, 6.45) is 0.999. The zero-order valence-corrected chi connectivity index (χ0v) is 18.4. The molecule has 0 aliphatic heterocycles. The minimum Gasteiger partial charge on any atom is -0.493 e. The normalized spacial score (nSPS) is 12.4. The molecule has 0 saturated carbocycles. The summed E-state index contributed by atoms with van der Waals surface area (Å²) < 4.78 is 6.78. The molecule has 2 rings (SSSR count). The lowest BCUT2D eigenvalue weighted by Crippen LogP contribution is -2.23. The number of rotatable bonds is 7. The lowest BCUT2D eigenvalue weighted by Gasteiger charge is -2.32. The molecule has 1 aromatic carbocycles. The van der Waals surface area contributed by atoms with E-state index in [0.717, 1.165) is 36.1 Å². The average molecular weight is 394 g/mol. The van der Waals surface area contributed by atoms with Gasteiger partial charge in [-0.3, -0.25) is 5.10 Å². The van der Waals surface area contributed by atoms with E-state index in [1.807, 2.05) is 11.8 Å². The minimum absolute atomic E-state index is 0.0473. The van der Waals surface area contributed by atoms with Crippen LogP contribution in [0.5, 0.6) is 5.75 Å². The summed E-state index contributed by atoms with van der Waals surface area (Å²) in [6.45, 7) is 14.3. The van der Waals surface area contributed by atoms with Crippen molar-refractivity contribution >= 4 is 24.0 Å². The van der Waals surface area contributed by atoms with Crippen LogP contribution in [0, 0.1) is 4.77 Å². The van der Waals surface area contributed by atoms with E-state index in [9.17, 15) is 0 Å². The van der Waals surface area contributed by atoms with Crippen LogP contribution in [-0.2, 0) is 16.6 Å². The van der Waals surface area contributed by atoms with Crippen LogP contribution < -0.4 is 4.74 Å². The number of hydrogen-bond acceptors (Lipinski definition) is 4. The third-order valence-electron chi connectivity index (χ3n) is 4.06. The highest BCUT2D eigenvalue weighted by atomic mass is 32.2. The minimum atomic E-state index is 0.0473.